The van der Waals surface area contributed by atoms with Crippen molar-refractivity contribution in [1.82, 2.24) is 4.98 Å². The van der Waals surface area contributed by atoms with E-state index >= 15 is 0 Å². The summed E-state index contributed by atoms with van der Waals surface area (Å²) in [5.41, 5.74) is 0.905. The predicted molar refractivity (Wildman–Crippen MR) is 79.8 cm³/mol. The van der Waals surface area contributed by atoms with Gasteiger partial charge >= 0.3 is 6.18 Å². The lowest BCUT2D eigenvalue weighted by molar-refractivity contribution is -0.137. The number of rotatable bonds is 4. The van der Waals surface area contributed by atoms with E-state index < -0.39 is 11.7 Å². The fraction of sp³-hybridized carbons (Fsp3) is 0.200. The highest BCUT2D eigenvalue weighted by Gasteiger charge is 2.30. The Morgan fingerprint density at radius 1 is 1.27 bits per heavy atom. The molecule has 1 heterocycles. The van der Waals surface area contributed by atoms with Crippen molar-refractivity contribution in [3.8, 4) is 0 Å². The first kappa shape index (κ1) is 16.4. The largest absolute Gasteiger partial charge is 0.417 e. The van der Waals surface area contributed by atoms with Gasteiger partial charge in [-0.1, -0.05) is 23.9 Å². The lowest BCUT2D eigenvalue weighted by Gasteiger charge is -2.07. The van der Waals surface area contributed by atoms with Crippen LogP contribution in [0.2, 0.25) is 0 Å². The quantitative estimate of drug-likeness (QED) is 0.859. The number of nitrogens with zero attached hydrogens (tertiary/aromatic N) is 1. The van der Waals surface area contributed by atoms with Crippen molar-refractivity contribution < 1.29 is 18.0 Å². The summed E-state index contributed by atoms with van der Waals surface area (Å²) < 4.78 is 37.2. The molecule has 0 unspecified atom stereocenters. The minimum atomic E-state index is -4.40. The molecule has 116 valence electrons. The number of pyridine rings is 1. The van der Waals surface area contributed by atoms with Crippen LogP contribution in [-0.4, -0.2) is 16.6 Å². The maximum atomic E-state index is 12.4. The van der Waals surface area contributed by atoms with Gasteiger partial charge in [0.2, 0.25) is 5.91 Å². The summed E-state index contributed by atoms with van der Waals surface area (Å²) in [6.45, 7) is 1.91. The fourth-order valence-electron chi connectivity index (χ4n) is 1.69. The highest BCUT2D eigenvalue weighted by molar-refractivity contribution is 7.99. The molecule has 0 aliphatic rings. The summed E-state index contributed by atoms with van der Waals surface area (Å²) in [6, 6.07) is 9.55. The van der Waals surface area contributed by atoms with E-state index in [1.807, 2.05) is 25.1 Å². The summed E-state index contributed by atoms with van der Waals surface area (Å²) in [5.74, 6) is -0.163. The Balaban J connectivity index is 1.88. The van der Waals surface area contributed by atoms with E-state index in [0.717, 1.165) is 29.6 Å². The third-order valence-electron chi connectivity index (χ3n) is 2.72. The molecule has 2 rings (SSSR count). The van der Waals surface area contributed by atoms with Crippen LogP contribution in [0.15, 0.2) is 47.6 Å². The average molecular weight is 326 g/mol. The molecule has 0 spiro atoms. The number of halogens is 3. The second kappa shape index (κ2) is 6.83. The maximum Gasteiger partial charge on any atom is 0.417 e. The number of thioether (sulfide) groups is 1. The maximum absolute atomic E-state index is 12.4. The molecule has 1 N–H and O–H groups in total. The smallest absolute Gasteiger partial charge is 0.325 e. The number of carbonyl (C=O) groups excluding carboxylic acids is 1. The number of amides is 1. The van der Waals surface area contributed by atoms with Crippen LogP contribution in [0, 0.1) is 6.92 Å². The molecule has 0 aliphatic heterocycles. The van der Waals surface area contributed by atoms with E-state index in [9.17, 15) is 18.0 Å². The second-order valence-electron chi connectivity index (χ2n) is 4.59. The average Bonchev–Trinajstić information content (AvgIpc) is 2.45. The second-order valence-corrected chi connectivity index (χ2v) is 5.58. The number of carbonyl (C=O) groups is 1. The first-order valence-corrected chi connectivity index (χ1v) is 7.36. The third kappa shape index (κ3) is 4.77. The molecular weight excluding hydrogens is 313 g/mol. The third-order valence-corrected chi connectivity index (χ3v) is 3.66. The SMILES string of the molecule is Cc1cccc(NC(=O)CSc2ccc(C(F)(F)F)cn2)c1. The van der Waals surface area contributed by atoms with Gasteiger partial charge in [-0.05, 0) is 36.8 Å². The van der Waals surface area contributed by atoms with Gasteiger partial charge in [-0.3, -0.25) is 4.79 Å². The molecule has 1 amide bonds. The number of alkyl halides is 3. The van der Waals surface area contributed by atoms with E-state index in [1.54, 1.807) is 6.07 Å². The molecule has 0 saturated carbocycles. The molecule has 7 heteroatoms. The van der Waals surface area contributed by atoms with Gasteiger partial charge in [0.05, 0.1) is 16.3 Å². The molecule has 0 bridgehead atoms. The Morgan fingerprint density at radius 2 is 2.05 bits per heavy atom. The Labute approximate surface area is 129 Å². The fourth-order valence-corrected chi connectivity index (χ4v) is 2.34. The van der Waals surface area contributed by atoms with E-state index in [-0.39, 0.29) is 11.7 Å². The zero-order chi connectivity index (χ0) is 16.2. The molecule has 3 nitrogen and oxygen atoms in total. The van der Waals surface area contributed by atoms with Gasteiger partial charge in [0.15, 0.2) is 0 Å². The van der Waals surface area contributed by atoms with Crippen LogP contribution in [0.25, 0.3) is 0 Å². The van der Waals surface area contributed by atoms with Crippen LogP contribution in [0.5, 0.6) is 0 Å². The van der Waals surface area contributed by atoms with Crippen molar-refractivity contribution in [1.29, 1.82) is 0 Å². The first-order chi connectivity index (χ1) is 10.3. The molecule has 0 radical (unpaired) electrons. The molecular formula is C15H13F3N2OS. The minimum Gasteiger partial charge on any atom is -0.325 e. The van der Waals surface area contributed by atoms with Crippen molar-refractivity contribution in [2.45, 2.75) is 18.1 Å². The number of aryl methyl sites for hydroxylation is 1. The number of benzene rings is 1. The molecule has 0 atom stereocenters. The standard InChI is InChI=1S/C15H13F3N2OS/c1-10-3-2-4-12(7-10)20-13(21)9-22-14-6-5-11(8-19-14)15(16,17)18/h2-8H,9H2,1H3,(H,20,21). The Bertz CT molecular complexity index is 657. The van der Waals surface area contributed by atoms with Crippen LogP contribution in [0.3, 0.4) is 0 Å². The van der Waals surface area contributed by atoms with Crippen LogP contribution < -0.4 is 5.32 Å². The molecule has 22 heavy (non-hydrogen) atoms. The van der Waals surface area contributed by atoms with Crippen LogP contribution in [-0.2, 0) is 11.0 Å². The van der Waals surface area contributed by atoms with E-state index in [4.69, 9.17) is 0 Å². The number of anilines is 1. The molecule has 0 aliphatic carbocycles. The molecule has 1 aromatic heterocycles. The normalized spacial score (nSPS) is 11.3. The monoisotopic (exact) mass is 326 g/mol. The van der Waals surface area contributed by atoms with Crippen LogP contribution in [0.1, 0.15) is 11.1 Å². The van der Waals surface area contributed by atoms with Gasteiger partial charge in [-0.25, -0.2) is 4.98 Å². The topological polar surface area (TPSA) is 42.0 Å². The van der Waals surface area contributed by atoms with Crippen molar-refractivity contribution >= 4 is 23.4 Å². The van der Waals surface area contributed by atoms with Crippen molar-refractivity contribution in [2.24, 2.45) is 0 Å². The van der Waals surface area contributed by atoms with E-state index in [1.165, 1.54) is 6.07 Å². The Hall–Kier alpha value is -2.02. The predicted octanol–water partition coefficient (Wildman–Crippen LogP) is 4.14. The lowest BCUT2D eigenvalue weighted by Crippen LogP contribution is -2.14. The molecule has 0 fully saturated rings. The number of hydrogen-bond acceptors (Lipinski definition) is 3. The zero-order valence-corrected chi connectivity index (χ0v) is 12.5. The Morgan fingerprint density at radius 3 is 2.64 bits per heavy atom. The number of hydrogen-bond donors (Lipinski definition) is 1. The molecule has 2 aromatic rings. The highest BCUT2D eigenvalue weighted by atomic mass is 32.2. The van der Waals surface area contributed by atoms with Gasteiger partial charge < -0.3 is 5.32 Å². The summed E-state index contributed by atoms with van der Waals surface area (Å²) in [5, 5.41) is 3.09. The van der Waals surface area contributed by atoms with Gasteiger partial charge in [0, 0.05) is 11.9 Å². The van der Waals surface area contributed by atoms with Gasteiger partial charge in [0.25, 0.3) is 0 Å². The van der Waals surface area contributed by atoms with E-state index in [2.05, 4.69) is 10.3 Å². The van der Waals surface area contributed by atoms with Crippen molar-refractivity contribution in [2.75, 3.05) is 11.1 Å². The number of nitrogens with one attached hydrogen (secondary N) is 1. The molecule has 1 aromatic carbocycles. The summed E-state index contributed by atoms with van der Waals surface area (Å²) in [4.78, 5) is 15.5. The van der Waals surface area contributed by atoms with Crippen LogP contribution in [0.4, 0.5) is 18.9 Å². The van der Waals surface area contributed by atoms with Gasteiger partial charge in [-0.15, -0.1) is 0 Å². The number of aromatic nitrogens is 1. The van der Waals surface area contributed by atoms with Gasteiger partial charge in [0.1, 0.15) is 0 Å². The molecule has 0 saturated heterocycles. The Kier molecular flexibility index (Phi) is 5.07. The first-order valence-electron chi connectivity index (χ1n) is 6.37. The summed E-state index contributed by atoms with van der Waals surface area (Å²) >= 11 is 1.08. The summed E-state index contributed by atoms with van der Waals surface area (Å²) in [6.07, 6.45) is -3.64. The zero-order valence-electron chi connectivity index (χ0n) is 11.6. The van der Waals surface area contributed by atoms with Crippen molar-refractivity contribution in [3.63, 3.8) is 0 Å². The highest BCUT2D eigenvalue weighted by Crippen LogP contribution is 2.29. The van der Waals surface area contributed by atoms with Gasteiger partial charge in [-0.2, -0.15) is 13.2 Å². The minimum absolute atomic E-state index is 0.0757. The lowest BCUT2D eigenvalue weighted by atomic mass is 10.2. The summed E-state index contributed by atoms with van der Waals surface area (Å²) in [7, 11) is 0. The van der Waals surface area contributed by atoms with Crippen molar-refractivity contribution in [3.05, 3.63) is 53.7 Å². The van der Waals surface area contributed by atoms with E-state index in [0.29, 0.717) is 10.7 Å². The van der Waals surface area contributed by atoms with Crippen LogP contribution >= 0.6 is 11.8 Å².